The quantitative estimate of drug-likeness (QED) is 0.776. The van der Waals surface area contributed by atoms with Crippen molar-refractivity contribution < 1.29 is 19.1 Å². The molecule has 7 heteroatoms. The second-order valence-electron chi connectivity index (χ2n) is 5.02. The van der Waals surface area contributed by atoms with E-state index in [0.717, 1.165) is 17.5 Å². The van der Waals surface area contributed by atoms with Crippen LogP contribution in [0.3, 0.4) is 0 Å². The number of methoxy groups -OCH3 is 2. The van der Waals surface area contributed by atoms with Crippen LogP contribution in [0.25, 0.3) is 0 Å². The van der Waals surface area contributed by atoms with E-state index in [-0.39, 0.29) is 24.9 Å². The van der Waals surface area contributed by atoms with Gasteiger partial charge in [-0.2, -0.15) is 0 Å². The molecule has 0 spiro atoms. The number of benzene rings is 1. The maximum Gasteiger partial charge on any atom is 0.242 e. The number of amides is 2. The Morgan fingerprint density at radius 1 is 1.23 bits per heavy atom. The van der Waals surface area contributed by atoms with Crippen molar-refractivity contribution in [3.05, 3.63) is 23.3 Å². The van der Waals surface area contributed by atoms with Crippen LogP contribution >= 0.6 is 0 Å². The minimum atomic E-state index is -0.336. The van der Waals surface area contributed by atoms with E-state index in [1.807, 2.05) is 12.1 Å². The fourth-order valence-electron chi connectivity index (χ4n) is 2.45. The van der Waals surface area contributed by atoms with Gasteiger partial charge in [-0.15, -0.1) is 0 Å². The van der Waals surface area contributed by atoms with E-state index in [1.165, 1.54) is 0 Å². The van der Waals surface area contributed by atoms with Crippen LogP contribution in [0.15, 0.2) is 12.1 Å². The molecule has 2 rings (SSSR count). The van der Waals surface area contributed by atoms with Gasteiger partial charge in [0.25, 0.3) is 0 Å². The zero-order valence-electron chi connectivity index (χ0n) is 12.8. The summed E-state index contributed by atoms with van der Waals surface area (Å²) < 4.78 is 10.6. The summed E-state index contributed by atoms with van der Waals surface area (Å²) >= 11 is 0. The predicted octanol–water partition coefficient (Wildman–Crippen LogP) is -0.337. The lowest BCUT2D eigenvalue weighted by Crippen LogP contribution is -2.43. The molecule has 1 aliphatic heterocycles. The van der Waals surface area contributed by atoms with Gasteiger partial charge in [0, 0.05) is 13.1 Å². The van der Waals surface area contributed by atoms with E-state index in [9.17, 15) is 9.59 Å². The van der Waals surface area contributed by atoms with Crippen LogP contribution in [0.2, 0.25) is 0 Å². The summed E-state index contributed by atoms with van der Waals surface area (Å²) in [4.78, 5) is 24.9. The van der Waals surface area contributed by atoms with Crippen molar-refractivity contribution in [3.63, 3.8) is 0 Å². The zero-order chi connectivity index (χ0) is 16.1. The van der Waals surface area contributed by atoms with Crippen molar-refractivity contribution in [2.24, 2.45) is 5.73 Å². The van der Waals surface area contributed by atoms with Crippen molar-refractivity contribution in [2.75, 3.05) is 33.9 Å². The van der Waals surface area contributed by atoms with Gasteiger partial charge in [0.05, 0.1) is 27.3 Å². The van der Waals surface area contributed by atoms with Crippen LogP contribution < -0.4 is 20.5 Å². The summed E-state index contributed by atoms with van der Waals surface area (Å²) in [6, 6.07) is 3.85. The summed E-state index contributed by atoms with van der Waals surface area (Å²) in [5.74, 6) is 0.877. The Morgan fingerprint density at radius 2 is 1.86 bits per heavy atom. The number of carbonyl (C=O) groups excluding carboxylic acids is 2. The molecular weight excluding hydrogens is 286 g/mol. The first kappa shape index (κ1) is 16.1. The summed E-state index contributed by atoms with van der Waals surface area (Å²) in [6.45, 7) is 0.957. The van der Waals surface area contributed by atoms with Gasteiger partial charge in [-0.3, -0.25) is 9.59 Å². The highest BCUT2D eigenvalue weighted by Crippen LogP contribution is 2.33. The monoisotopic (exact) mass is 307 g/mol. The molecule has 0 radical (unpaired) electrons. The molecule has 0 fully saturated rings. The molecule has 2 amide bonds. The van der Waals surface area contributed by atoms with Crippen molar-refractivity contribution in [1.82, 2.24) is 10.2 Å². The number of nitrogens with one attached hydrogen (secondary N) is 1. The largest absolute Gasteiger partial charge is 0.493 e. The molecule has 0 unspecified atom stereocenters. The van der Waals surface area contributed by atoms with Gasteiger partial charge in [0.15, 0.2) is 11.5 Å². The Bertz CT molecular complexity index is 574. The van der Waals surface area contributed by atoms with Gasteiger partial charge in [-0.25, -0.2) is 0 Å². The van der Waals surface area contributed by atoms with Crippen molar-refractivity contribution in [3.8, 4) is 11.5 Å². The first-order valence-corrected chi connectivity index (χ1v) is 7.07. The Hall–Kier alpha value is -2.28. The highest BCUT2D eigenvalue weighted by atomic mass is 16.5. The molecule has 120 valence electrons. The number of nitrogens with zero attached hydrogens (tertiary/aromatic N) is 1. The van der Waals surface area contributed by atoms with E-state index in [0.29, 0.717) is 24.6 Å². The maximum absolute atomic E-state index is 12.1. The second-order valence-corrected chi connectivity index (χ2v) is 5.02. The van der Waals surface area contributed by atoms with Gasteiger partial charge in [-0.1, -0.05) is 0 Å². The van der Waals surface area contributed by atoms with E-state index >= 15 is 0 Å². The van der Waals surface area contributed by atoms with Gasteiger partial charge < -0.3 is 25.4 Å². The normalized spacial score (nSPS) is 13.3. The topological polar surface area (TPSA) is 93.9 Å². The van der Waals surface area contributed by atoms with E-state index in [4.69, 9.17) is 15.2 Å². The first-order chi connectivity index (χ1) is 10.6. The van der Waals surface area contributed by atoms with Gasteiger partial charge in [-0.05, 0) is 29.7 Å². The van der Waals surface area contributed by atoms with Crippen molar-refractivity contribution >= 4 is 11.8 Å². The van der Waals surface area contributed by atoms with Gasteiger partial charge in [0.2, 0.25) is 11.8 Å². The van der Waals surface area contributed by atoms with Crippen LogP contribution in [-0.4, -0.2) is 50.6 Å². The van der Waals surface area contributed by atoms with Gasteiger partial charge >= 0.3 is 0 Å². The minimum Gasteiger partial charge on any atom is -0.493 e. The number of nitrogens with two attached hydrogens (primary N) is 1. The van der Waals surface area contributed by atoms with Crippen LogP contribution in [0.5, 0.6) is 11.5 Å². The summed E-state index contributed by atoms with van der Waals surface area (Å²) in [6.07, 6.45) is 0.742. The van der Waals surface area contributed by atoms with Crippen LogP contribution in [-0.2, 0) is 22.6 Å². The third kappa shape index (κ3) is 3.48. The van der Waals surface area contributed by atoms with Crippen molar-refractivity contribution in [2.45, 2.75) is 13.0 Å². The number of fused-ring (bicyclic) bond motifs is 1. The fraction of sp³-hybridized carbons (Fsp3) is 0.467. The fourth-order valence-corrected chi connectivity index (χ4v) is 2.45. The molecule has 1 heterocycles. The first-order valence-electron chi connectivity index (χ1n) is 7.07. The number of ether oxygens (including phenoxy) is 2. The van der Waals surface area contributed by atoms with Gasteiger partial charge in [0.1, 0.15) is 0 Å². The molecule has 0 aromatic heterocycles. The summed E-state index contributed by atoms with van der Waals surface area (Å²) in [7, 11) is 3.18. The van der Waals surface area contributed by atoms with Crippen LogP contribution in [0.4, 0.5) is 0 Å². The third-order valence-corrected chi connectivity index (χ3v) is 3.69. The third-order valence-electron chi connectivity index (χ3n) is 3.69. The molecule has 0 aliphatic carbocycles. The zero-order valence-corrected chi connectivity index (χ0v) is 12.8. The molecule has 1 aliphatic rings. The Morgan fingerprint density at radius 3 is 2.45 bits per heavy atom. The molecule has 1 aromatic rings. The number of hydrogen-bond donors (Lipinski definition) is 2. The Labute approximate surface area is 129 Å². The van der Waals surface area contributed by atoms with Crippen LogP contribution in [0.1, 0.15) is 11.1 Å². The molecule has 0 saturated heterocycles. The van der Waals surface area contributed by atoms with Crippen molar-refractivity contribution in [1.29, 1.82) is 0 Å². The molecule has 0 atom stereocenters. The molecule has 0 saturated carbocycles. The molecular formula is C15H21N3O4. The lowest BCUT2D eigenvalue weighted by Gasteiger charge is -2.29. The molecule has 22 heavy (non-hydrogen) atoms. The smallest absolute Gasteiger partial charge is 0.242 e. The Balaban J connectivity index is 2.07. The van der Waals surface area contributed by atoms with E-state index in [2.05, 4.69) is 5.32 Å². The maximum atomic E-state index is 12.1. The average Bonchev–Trinajstić information content (AvgIpc) is 2.57. The molecule has 0 bridgehead atoms. The number of carbonyl (C=O) groups is 2. The molecule has 1 aromatic carbocycles. The number of hydrogen-bond acceptors (Lipinski definition) is 5. The molecule has 3 N–H and O–H groups in total. The predicted molar refractivity (Wildman–Crippen MR) is 80.7 cm³/mol. The summed E-state index contributed by atoms with van der Waals surface area (Å²) in [5, 5.41) is 2.49. The lowest BCUT2D eigenvalue weighted by atomic mass is 9.98. The Kier molecular flexibility index (Phi) is 5.21. The van der Waals surface area contributed by atoms with E-state index < -0.39 is 0 Å². The second kappa shape index (κ2) is 7.13. The minimum absolute atomic E-state index is 0.0291. The highest BCUT2D eigenvalue weighted by molar-refractivity contribution is 5.85. The summed E-state index contributed by atoms with van der Waals surface area (Å²) in [5.41, 5.74) is 7.37. The highest BCUT2D eigenvalue weighted by Gasteiger charge is 2.22. The lowest BCUT2D eigenvalue weighted by molar-refractivity contribution is -0.133. The SMILES string of the molecule is COc1cc2c(cc1OC)CN(C(=O)CNC(=O)CN)CC2. The van der Waals surface area contributed by atoms with E-state index in [1.54, 1.807) is 19.1 Å². The van der Waals surface area contributed by atoms with Crippen LogP contribution in [0, 0.1) is 0 Å². The molecule has 7 nitrogen and oxygen atoms in total. The number of rotatable bonds is 5. The average molecular weight is 307 g/mol. The standard InChI is InChI=1S/C15H21N3O4/c1-21-12-5-10-3-4-18(9-11(10)6-13(12)22-2)15(20)8-17-14(19)7-16/h5-6H,3-4,7-9,16H2,1-2H3,(H,17,19).